The molecule has 108 valence electrons. The first-order valence-electron chi connectivity index (χ1n) is 7.26. The number of ether oxygens (including phenoxy) is 1. The van der Waals surface area contributed by atoms with Gasteiger partial charge in [-0.15, -0.1) is 0 Å². The zero-order valence-corrected chi connectivity index (χ0v) is 11.8. The predicted molar refractivity (Wildman–Crippen MR) is 75.2 cm³/mol. The highest BCUT2D eigenvalue weighted by Crippen LogP contribution is 2.45. The van der Waals surface area contributed by atoms with Gasteiger partial charge in [0.15, 0.2) is 0 Å². The Kier molecular flexibility index (Phi) is 2.64. The highest BCUT2D eigenvalue weighted by molar-refractivity contribution is 5.92. The maximum Gasteiger partial charge on any atom is 0.328 e. The second-order valence-electron chi connectivity index (χ2n) is 5.78. The fourth-order valence-electron chi connectivity index (χ4n) is 3.93. The number of nitrogens with zero attached hydrogens (tertiary/aromatic N) is 2. The predicted octanol–water partition coefficient (Wildman–Crippen LogP) is 1.33. The summed E-state index contributed by atoms with van der Waals surface area (Å²) in [6.07, 6.45) is 4.45. The van der Waals surface area contributed by atoms with Crippen molar-refractivity contribution in [2.45, 2.75) is 37.8 Å². The van der Waals surface area contributed by atoms with E-state index in [1.807, 2.05) is 6.07 Å². The Morgan fingerprint density at radius 1 is 1.48 bits per heavy atom. The second kappa shape index (κ2) is 4.41. The minimum Gasteiger partial charge on any atom is -0.467 e. The Bertz CT molecular complexity index is 680. The largest absolute Gasteiger partial charge is 0.467 e. The monoisotopic (exact) mass is 284 g/mol. The lowest BCUT2D eigenvalue weighted by Gasteiger charge is -2.37. The van der Waals surface area contributed by atoms with Gasteiger partial charge in [-0.05, 0) is 29.2 Å². The first-order valence-corrected chi connectivity index (χ1v) is 7.26. The van der Waals surface area contributed by atoms with Gasteiger partial charge in [0, 0.05) is 25.5 Å². The third-order valence-corrected chi connectivity index (χ3v) is 4.83. The summed E-state index contributed by atoms with van der Waals surface area (Å²) in [5.41, 5.74) is 4.67. The lowest BCUT2D eigenvalue weighted by Crippen LogP contribution is -2.50. The van der Waals surface area contributed by atoms with E-state index in [4.69, 9.17) is 4.74 Å². The molecule has 0 radical (unpaired) electrons. The summed E-state index contributed by atoms with van der Waals surface area (Å²) < 4.78 is 4.91. The molecule has 1 saturated heterocycles. The van der Waals surface area contributed by atoms with Crippen LogP contribution in [0.25, 0.3) is 5.57 Å². The standard InChI is InChI=1S/C16H16N2O3/c1-21-16(20)14-8-10-9-3-2-6-17-12(9)7-11(10)13-4-5-15(19)18(13)14/h2-3,6,13-14H,4-5,7-8H2,1H3/t13-,14-/m1/s1. The molecule has 1 fully saturated rings. The number of pyridine rings is 1. The molecule has 0 N–H and O–H groups in total. The smallest absolute Gasteiger partial charge is 0.328 e. The number of hydrogen-bond donors (Lipinski definition) is 0. The van der Waals surface area contributed by atoms with E-state index in [0.29, 0.717) is 12.8 Å². The van der Waals surface area contributed by atoms with E-state index < -0.39 is 6.04 Å². The van der Waals surface area contributed by atoms with Crippen molar-refractivity contribution in [3.05, 3.63) is 35.2 Å². The quantitative estimate of drug-likeness (QED) is 0.730. The van der Waals surface area contributed by atoms with E-state index in [1.54, 1.807) is 11.1 Å². The first kappa shape index (κ1) is 12.6. The van der Waals surface area contributed by atoms with Crippen LogP contribution in [0.5, 0.6) is 0 Å². The lowest BCUT2D eigenvalue weighted by atomic mass is 9.89. The molecule has 0 aromatic carbocycles. The highest BCUT2D eigenvalue weighted by Gasteiger charge is 2.48. The second-order valence-corrected chi connectivity index (χ2v) is 5.78. The zero-order valence-electron chi connectivity index (χ0n) is 11.8. The van der Waals surface area contributed by atoms with Gasteiger partial charge in [-0.3, -0.25) is 9.78 Å². The molecule has 0 unspecified atom stereocenters. The Balaban J connectivity index is 1.81. The molecule has 0 spiro atoms. The van der Waals surface area contributed by atoms with Gasteiger partial charge in [0.05, 0.1) is 18.8 Å². The number of fused-ring (bicyclic) bond motifs is 4. The van der Waals surface area contributed by atoms with Gasteiger partial charge in [-0.1, -0.05) is 6.07 Å². The van der Waals surface area contributed by atoms with Gasteiger partial charge in [-0.25, -0.2) is 4.79 Å². The van der Waals surface area contributed by atoms with Crippen molar-refractivity contribution in [1.29, 1.82) is 0 Å². The van der Waals surface area contributed by atoms with Crippen LogP contribution in [-0.2, 0) is 20.7 Å². The van der Waals surface area contributed by atoms with Crippen molar-refractivity contribution in [1.82, 2.24) is 9.88 Å². The number of aromatic nitrogens is 1. The number of methoxy groups -OCH3 is 1. The fraction of sp³-hybridized carbons (Fsp3) is 0.438. The number of hydrogen-bond acceptors (Lipinski definition) is 4. The molecule has 1 aromatic rings. The highest BCUT2D eigenvalue weighted by atomic mass is 16.5. The third-order valence-electron chi connectivity index (χ3n) is 4.83. The molecule has 2 aliphatic heterocycles. The number of esters is 1. The summed E-state index contributed by atoms with van der Waals surface area (Å²) in [6, 6.07) is 3.54. The van der Waals surface area contributed by atoms with Crippen LogP contribution in [0, 0.1) is 0 Å². The minimum atomic E-state index is -0.486. The van der Waals surface area contributed by atoms with Crippen LogP contribution in [0.15, 0.2) is 23.9 Å². The third kappa shape index (κ3) is 1.66. The van der Waals surface area contributed by atoms with E-state index in [0.717, 1.165) is 24.1 Å². The average Bonchev–Trinajstić information content (AvgIpc) is 3.07. The molecule has 0 saturated carbocycles. The number of rotatable bonds is 1. The van der Waals surface area contributed by atoms with Crippen molar-refractivity contribution in [3.8, 4) is 0 Å². The summed E-state index contributed by atoms with van der Waals surface area (Å²) in [6.45, 7) is 0. The van der Waals surface area contributed by atoms with Crippen LogP contribution in [0.1, 0.15) is 30.5 Å². The number of amides is 1. The maximum atomic E-state index is 12.2. The fourth-order valence-corrected chi connectivity index (χ4v) is 3.93. The van der Waals surface area contributed by atoms with Gasteiger partial charge in [0.1, 0.15) is 6.04 Å². The number of carbonyl (C=O) groups is 2. The molecule has 0 bridgehead atoms. The molecular formula is C16H16N2O3. The molecule has 1 aromatic heterocycles. The molecular weight excluding hydrogens is 268 g/mol. The Labute approximate surface area is 122 Å². The molecule has 3 aliphatic rings. The number of carbonyl (C=O) groups excluding carboxylic acids is 2. The van der Waals surface area contributed by atoms with Gasteiger partial charge in [-0.2, -0.15) is 0 Å². The van der Waals surface area contributed by atoms with Gasteiger partial charge in [0.2, 0.25) is 5.91 Å². The van der Waals surface area contributed by atoms with Crippen molar-refractivity contribution < 1.29 is 14.3 Å². The summed E-state index contributed by atoms with van der Waals surface area (Å²) >= 11 is 0. The summed E-state index contributed by atoms with van der Waals surface area (Å²) in [5, 5.41) is 0. The van der Waals surface area contributed by atoms with E-state index in [2.05, 4.69) is 11.1 Å². The van der Waals surface area contributed by atoms with Crippen molar-refractivity contribution in [2.75, 3.05) is 7.11 Å². The van der Waals surface area contributed by atoms with Gasteiger partial charge in [0.25, 0.3) is 0 Å². The van der Waals surface area contributed by atoms with Crippen molar-refractivity contribution >= 4 is 17.4 Å². The molecule has 5 heteroatoms. The average molecular weight is 284 g/mol. The van der Waals surface area contributed by atoms with Crippen LogP contribution in [0.4, 0.5) is 0 Å². The Morgan fingerprint density at radius 2 is 2.33 bits per heavy atom. The van der Waals surface area contributed by atoms with E-state index >= 15 is 0 Å². The van der Waals surface area contributed by atoms with Crippen molar-refractivity contribution in [3.63, 3.8) is 0 Å². The van der Waals surface area contributed by atoms with E-state index in [-0.39, 0.29) is 17.9 Å². The zero-order chi connectivity index (χ0) is 14.6. The van der Waals surface area contributed by atoms with Crippen LogP contribution >= 0.6 is 0 Å². The van der Waals surface area contributed by atoms with Gasteiger partial charge >= 0.3 is 5.97 Å². The maximum absolute atomic E-state index is 12.2. The molecule has 4 rings (SSSR count). The van der Waals surface area contributed by atoms with Crippen molar-refractivity contribution in [2.24, 2.45) is 0 Å². The molecule has 21 heavy (non-hydrogen) atoms. The van der Waals surface area contributed by atoms with Crippen LogP contribution in [0.2, 0.25) is 0 Å². The molecule has 3 heterocycles. The van der Waals surface area contributed by atoms with Gasteiger partial charge < -0.3 is 9.64 Å². The summed E-state index contributed by atoms with van der Waals surface area (Å²) in [4.78, 5) is 30.5. The lowest BCUT2D eigenvalue weighted by molar-refractivity contribution is -0.152. The SMILES string of the molecule is COC(=O)[C@H]1CC2=C(Cc3ncccc32)[C@H]2CCC(=O)N12. The van der Waals surface area contributed by atoms with Crippen LogP contribution in [-0.4, -0.2) is 41.0 Å². The van der Waals surface area contributed by atoms with E-state index in [1.165, 1.54) is 18.3 Å². The Morgan fingerprint density at radius 3 is 3.14 bits per heavy atom. The molecule has 2 atom stereocenters. The molecule has 5 nitrogen and oxygen atoms in total. The minimum absolute atomic E-state index is 0.0412. The van der Waals surface area contributed by atoms with Crippen LogP contribution < -0.4 is 0 Å². The molecule has 1 aliphatic carbocycles. The summed E-state index contributed by atoms with van der Waals surface area (Å²) in [5.74, 6) is -0.259. The first-order chi connectivity index (χ1) is 10.2. The topological polar surface area (TPSA) is 59.5 Å². The normalized spacial score (nSPS) is 26.5. The summed E-state index contributed by atoms with van der Waals surface area (Å²) in [7, 11) is 1.38. The molecule has 1 amide bonds. The van der Waals surface area contributed by atoms with E-state index in [9.17, 15) is 9.59 Å². The van der Waals surface area contributed by atoms with Crippen LogP contribution in [0.3, 0.4) is 0 Å². The Hall–Kier alpha value is -2.17.